The highest BCUT2D eigenvalue weighted by Crippen LogP contribution is 2.19. The molecule has 0 bridgehead atoms. The molecule has 0 spiro atoms. The lowest BCUT2D eigenvalue weighted by atomic mass is 10.1. The fraction of sp³-hybridized carbons (Fsp3) is 0.938. The summed E-state index contributed by atoms with van der Waals surface area (Å²) in [6.45, 7) is 12.9. The molecule has 1 amide bonds. The molecule has 0 aromatic rings. The summed E-state index contributed by atoms with van der Waals surface area (Å²) in [4.78, 5) is 13.8. The first-order valence-electron chi connectivity index (χ1n) is 8.07. The Hall–Kier alpha value is -0.770. The summed E-state index contributed by atoms with van der Waals surface area (Å²) in [6.07, 6.45) is 4.55. The minimum Gasteiger partial charge on any atom is -0.444 e. The Morgan fingerprint density at radius 3 is 2.65 bits per heavy atom. The molecule has 4 heteroatoms. The van der Waals surface area contributed by atoms with Gasteiger partial charge >= 0.3 is 6.09 Å². The normalized spacial score (nSPS) is 21.1. The monoisotopic (exact) mass is 284 g/mol. The predicted molar refractivity (Wildman–Crippen MR) is 82.9 cm³/mol. The van der Waals surface area contributed by atoms with Gasteiger partial charge in [-0.05, 0) is 52.5 Å². The standard InChI is InChI=1S/C16H32N2O2/c1-6-8-14(7-2)17-11-13-9-10-18(12-13)15(19)20-16(3,4)5/h13-14,17H,6-12H2,1-5H3. The molecule has 4 nitrogen and oxygen atoms in total. The van der Waals surface area contributed by atoms with Crippen molar-refractivity contribution in [2.24, 2.45) is 5.92 Å². The summed E-state index contributed by atoms with van der Waals surface area (Å²) in [5, 5.41) is 3.64. The summed E-state index contributed by atoms with van der Waals surface area (Å²) < 4.78 is 5.42. The Morgan fingerprint density at radius 1 is 1.40 bits per heavy atom. The average molecular weight is 284 g/mol. The van der Waals surface area contributed by atoms with Crippen LogP contribution in [0.4, 0.5) is 4.79 Å². The third kappa shape index (κ3) is 6.12. The second-order valence-electron chi connectivity index (χ2n) is 6.88. The van der Waals surface area contributed by atoms with Crippen molar-refractivity contribution >= 4 is 6.09 Å². The molecule has 2 unspecified atom stereocenters. The summed E-state index contributed by atoms with van der Waals surface area (Å²) >= 11 is 0. The maximum atomic E-state index is 12.0. The minimum absolute atomic E-state index is 0.166. The van der Waals surface area contributed by atoms with Crippen LogP contribution in [-0.2, 0) is 4.74 Å². The molecular formula is C16H32N2O2. The number of carbonyl (C=O) groups is 1. The number of nitrogens with one attached hydrogen (secondary N) is 1. The van der Waals surface area contributed by atoms with E-state index in [4.69, 9.17) is 4.74 Å². The van der Waals surface area contributed by atoms with Crippen molar-refractivity contribution in [3.63, 3.8) is 0 Å². The lowest BCUT2D eigenvalue weighted by molar-refractivity contribution is 0.0288. The van der Waals surface area contributed by atoms with Gasteiger partial charge in [0.1, 0.15) is 5.60 Å². The van der Waals surface area contributed by atoms with Gasteiger partial charge in [-0.1, -0.05) is 20.3 Å². The van der Waals surface area contributed by atoms with E-state index in [2.05, 4.69) is 19.2 Å². The summed E-state index contributed by atoms with van der Waals surface area (Å²) in [6, 6.07) is 0.621. The molecular weight excluding hydrogens is 252 g/mol. The van der Waals surface area contributed by atoms with E-state index >= 15 is 0 Å². The molecule has 0 aromatic heterocycles. The van der Waals surface area contributed by atoms with Gasteiger partial charge in [0.15, 0.2) is 0 Å². The van der Waals surface area contributed by atoms with E-state index in [0.29, 0.717) is 12.0 Å². The fourth-order valence-electron chi connectivity index (χ4n) is 2.62. The topological polar surface area (TPSA) is 41.6 Å². The molecule has 0 aliphatic carbocycles. The van der Waals surface area contributed by atoms with E-state index in [-0.39, 0.29) is 6.09 Å². The number of nitrogens with zero attached hydrogens (tertiary/aromatic N) is 1. The number of ether oxygens (including phenoxy) is 1. The molecule has 2 atom stereocenters. The van der Waals surface area contributed by atoms with Crippen LogP contribution in [0.3, 0.4) is 0 Å². The first kappa shape index (κ1) is 17.3. The molecule has 1 heterocycles. The van der Waals surface area contributed by atoms with E-state index in [9.17, 15) is 4.79 Å². The zero-order valence-electron chi connectivity index (χ0n) is 13.9. The molecule has 1 aliphatic heterocycles. The van der Waals surface area contributed by atoms with E-state index in [1.165, 1.54) is 19.3 Å². The van der Waals surface area contributed by atoms with Crippen LogP contribution in [-0.4, -0.2) is 42.3 Å². The number of hydrogen-bond acceptors (Lipinski definition) is 3. The molecule has 0 radical (unpaired) electrons. The average Bonchev–Trinajstić information content (AvgIpc) is 2.81. The molecule has 1 fully saturated rings. The first-order chi connectivity index (χ1) is 9.35. The Bertz CT molecular complexity index is 299. The SMILES string of the molecule is CCCC(CC)NCC1CCN(C(=O)OC(C)(C)C)C1. The smallest absolute Gasteiger partial charge is 0.410 e. The van der Waals surface area contributed by atoms with Crippen molar-refractivity contribution in [2.45, 2.75) is 71.9 Å². The van der Waals surface area contributed by atoms with E-state index in [1.54, 1.807) is 0 Å². The molecule has 20 heavy (non-hydrogen) atoms. The summed E-state index contributed by atoms with van der Waals surface area (Å²) in [5.74, 6) is 0.563. The van der Waals surface area contributed by atoms with Crippen LogP contribution in [0, 0.1) is 5.92 Å². The summed E-state index contributed by atoms with van der Waals surface area (Å²) in [5.41, 5.74) is -0.401. The second kappa shape index (κ2) is 7.87. The van der Waals surface area contributed by atoms with Crippen LogP contribution in [0.25, 0.3) is 0 Å². The number of hydrogen-bond donors (Lipinski definition) is 1. The van der Waals surface area contributed by atoms with Crippen molar-refractivity contribution in [2.75, 3.05) is 19.6 Å². The Kier molecular flexibility index (Phi) is 6.80. The number of carbonyl (C=O) groups excluding carboxylic acids is 1. The van der Waals surface area contributed by atoms with Gasteiger partial charge in [0, 0.05) is 19.1 Å². The third-order valence-corrected chi connectivity index (χ3v) is 3.76. The van der Waals surface area contributed by atoms with Crippen molar-refractivity contribution in [3.8, 4) is 0 Å². The van der Waals surface area contributed by atoms with Crippen LogP contribution >= 0.6 is 0 Å². The van der Waals surface area contributed by atoms with E-state index in [1.807, 2.05) is 25.7 Å². The van der Waals surface area contributed by atoms with Crippen LogP contribution in [0.5, 0.6) is 0 Å². The molecule has 1 saturated heterocycles. The summed E-state index contributed by atoms with van der Waals surface area (Å²) in [7, 11) is 0. The van der Waals surface area contributed by atoms with Gasteiger partial charge in [-0.3, -0.25) is 0 Å². The zero-order chi connectivity index (χ0) is 15.2. The highest BCUT2D eigenvalue weighted by atomic mass is 16.6. The zero-order valence-corrected chi connectivity index (χ0v) is 13.9. The number of rotatable bonds is 6. The lowest BCUT2D eigenvalue weighted by Gasteiger charge is -2.24. The predicted octanol–water partition coefficient (Wildman–Crippen LogP) is 3.41. The van der Waals surface area contributed by atoms with Crippen LogP contribution in [0.1, 0.15) is 60.3 Å². The van der Waals surface area contributed by atoms with Gasteiger partial charge in [0.05, 0.1) is 0 Å². The quantitative estimate of drug-likeness (QED) is 0.812. The third-order valence-electron chi connectivity index (χ3n) is 3.76. The Labute approximate surface area is 124 Å². The van der Waals surface area contributed by atoms with E-state index in [0.717, 1.165) is 26.1 Å². The van der Waals surface area contributed by atoms with Gasteiger partial charge in [0.2, 0.25) is 0 Å². The highest BCUT2D eigenvalue weighted by Gasteiger charge is 2.29. The van der Waals surface area contributed by atoms with Crippen molar-refractivity contribution in [1.29, 1.82) is 0 Å². The molecule has 0 saturated carbocycles. The minimum atomic E-state index is -0.401. The van der Waals surface area contributed by atoms with Gasteiger partial charge in [-0.15, -0.1) is 0 Å². The first-order valence-corrected chi connectivity index (χ1v) is 8.07. The van der Waals surface area contributed by atoms with Gasteiger partial charge in [-0.25, -0.2) is 4.79 Å². The number of amides is 1. The Morgan fingerprint density at radius 2 is 2.10 bits per heavy atom. The van der Waals surface area contributed by atoms with Crippen molar-refractivity contribution < 1.29 is 9.53 Å². The van der Waals surface area contributed by atoms with E-state index < -0.39 is 5.60 Å². The fourth-order valence-corrected chi connectivity index (χ4v) is 2.62. The van der Waals surface area contributed by atoms with Crippen LogP contribution < -0.4 is 5.32 Å². The maximum absolute atomic E-state index is 12.0. The highest BCUT2D eigenvalue weighted by molar-refractivity contribution is 5.68. The second-order valence-corrected chi connectivity index (χ2v) is 6.88. The van der Waals surface area contributed by atoms with Crippen molar-refractivity contribution in [1.82, 2.24) is 10.2 Å². The lowest BCUT2D eigenvalue weighted by Crippen LogP contribution is -2.37. The van der Waals surface area contributed by atoms with Crippen molar-refractivity contribution in [3.05, 3.63) is 0 Å². The van der Waals surface area contributed by atoms with Crippen LogP contribution in [0.2, 0.25) is 0 Å². The largest absolute Gasteiger partial charge is 0.444 e. The van der Waals surface area contributed by atoms with Gasteiger partial charge in [0.25, 0.3) is 0 Å². The molecule has 1 rings (SSSR count). The molecule has 0 aromatic carbocycles. The van der Waals surface area contributed by atoms with Gasteiger partial charge in [-0.2, -0.15) is 0 Å². The maximum Gasteiger partial charge on any atom is 0.410 e. The number of likely N-dealkylation sites (tertiary alicyclic amines) is 1. The van der Waals surface area contributed by atoms with Crippen LogP contribution in [0.15, 0.2) is 0 Å². The van der Waals surface area contributed by atoms with Gasteiger partial charge < -0.3 is 15.0 Å². The Balaban J connectivity index is 2.31. The molecule has 1 aliphatic rings. The molecule has 1 N–H and O–H groups in total. The molecule has 118 valence electrons.